The molecule has 0 saturated heterocycles. The average Bonchev–Trinajstić information content (AvgIpc) is 2.78. The Hall–Kier alpha value is -0.860. The Morgan fingerprint density at radius 2 is 1.80 bits per heavy atom. The lowest BCUT2D eigenvalue weighted by molar-refractivity contribution is -0.160. The van der Waals surface area contributed by atoms with Crippen LogP contribution in [0.4, 0.5) is 0 Å². The van der Waals surface area contributed by atoms with E-state index in [9.17, 15) is 9.59 Å². The van der Waals surface area contributed by atoms with Crippen LogP contribution in [0.2, 0.25) is 0 Å². The molecular formula is C22H34O3. The first-order chi connectivity index (χ1) is 11.8. The monoisotopic (exact) mass is 346 g/mol. The molecular weight excluding hydrogens is 312 g/mol. The molecule has 25 heavy (non-hydrogen) atoms. The minimum absolute atomic E-state index is 0.0429. The summed E-state index contributed by atoms with van der Waals surface area (Å²) < 4.78 is 5.55. The first-order valence-corrected chi connectivity index (χ1v) is 10.5. The smallest absolute Gasteiger partial charge is 0.302 e. The van der Waals surface area contributed by atoms with Crippen LogP contribution in [0.15, 0.2) is 0 Å². The van der Waals surface area contributed by atoms with Crippen molar-refractivity contribution >= 4 is 11.8 Å². The van der Waals surface area contributed by atoms with Crippen LogP contribution in [0, 0.1) is 40.4 Å². The molecule has 4 aliphatic carbocycles. The number of Topliss-reactive ketones (excluding diaryl/α,β-unsaturated/α-hetero) is 1. The Morgan fingerprint density at radius 3 is 2.52 bits per heavy atom. The van der Waals surface area contributed by atoms with Gasteiger partial charge in [-0.15, -0.1) is 0 Å². The van der Waals surface area contributed by atoms with E-state index in [1.165, 1.54) is 32.6 Å². The second-order valence-electron chi connectivity index (χ2n) is 10.1. The highest BCUT2D eigenvalue weighted by Gasteiger charge is 2.61. The molecule has 3 nitrogen and oxygen atoms in total. The van der Waals surface area contributed by atoms with E-state index < -0.39 is 0 Å². The molecule has 0 aromatic rings. The predicted molar refractivity (Wildman–Crippen MR) is 96.8 cm³/mol. The fraction of sp³-hybridized carbons (Fsp3) is 0.909. The molecule has 0 aromatic carbocycles. The summed E-state index contributed by atoms with van der Waals surface area (Å²) in [5.41, 5.74) is 0.342. The fourth-order valence-corrected chi connectivity index (χ4v) is 7.67. The molecule has 4 fully saturated rings. The molecule has 0 amide bonds. The van der Waals surface area contributed by atoms with Crippen molar-refractivity contribution in [2.24, 2.45) is 40.4 Å². The maximum atomic E-state index is 12.8. The summed E-state index contributed by atoms with van der Waals surface area (Å²) in [6.07, 6.45) is 9.36. The zero-order valence-electron chi connectivity index (χ0n) is 16.3. The van der Waals surface area contributed by atoms with Gasteiger partial charge < -0.3 is 4.74 Å². The van der Waals surface area contributed by atoms with Crippen LogP contribution in [0.5, 0.6) is 0 Å². The van der Waals surface area contributed by atoms with Gasteiger partial charge in [0.1, 0.15) is 11.9 Å². The molecule has 0 bridgehead atoms. The van der Waals surface area contributed by atoms with Gasteiger partial charge in [0.25, 0.3) is 0 Å². The summed E-state index contributed by atoms with van der Waals surface area (Å²) in [6, 6.07) is 0. The number of carbonyl (C=O) groups excluding carboxylic acids is 2. The van der Waals surface area contributed by atoms with Crippen LogP contribution in [0.1, 0.15) is 79.1 Å². The summed E-state index contributed by atoms with van der Waals surface area (Å²) in [5, 5.41) is 0. The van der Waals surface area contributed by atoms with Crippen molar-refractivity contribution in [2.75, 3.05) is 0 Å². The molecule has 4 saturated carbocycles. The predicted octanol–water partition coefficient (Wildman–Crippen LogP) is 4.78. The average molecular weight is 347 g/mol. The van der Waals surface area contributed by atoms with E-state index >= 15 is 0 Å². The van der Waals surface area contributed by atoms with E-state index in [0.717, 1.165) is 37.5 Å². The van der Waals surface area contributed by atoms with Gasteiger partial charge in [0, 0.05) is 18.3 Å². The molecule has 0 spiro atoms. The lowest BCUT2D eigenvalue weighted by atomic mass is 9.45. The van der Waals surface area contributed by atoms with Crippen LogP contribution in [0.3, 0.4) is 0 Å². The first-order valence-electron chi connectivity index (χ1n) is 10.5. The van der Waals surface area contributed by atoms with E-state index in [0.29, 0.717) is 23.0 Å². The van der Waals surface area contributed by atoms with Gasteiger partial charge in [0.15, 0.2) is 0 Å². The van der Waals surface area contributed by atoms with Crippen LogP contribution in [-0.2, 0) is 14.3 Å². The van der Waals surface area contributed by atoms with E-state index in [1.807, 2.05) is 0 Å². The summed E-state index contributed by atoms with van der Waals surface area (Å²) in [6.45, 7) is 8.47. The molecule has 4 rings (SSSR count). The van der Waals surface area contributed by atoms with Gasteiger partial charge in [-0.05, 0) is 80.5 Å². The maximum absolute atomic E-state index is 12.8. The zero-order valence-corrected chi connectivity index (χ0v) is 16.3. The molecule has 8 atom stereocenters. The Labute approximate surface area is 152 Å². The lowest BCUT2D eigenvalue weighted by Crippen LogP contribution is -2.54. The van der Waals surface area contributed by atoms with Gasteiger partial charge in [0.2, 0.25) is 0 Å². The third-order valence-corrected chi connectivity index (χ3v) is 8.96. The van der Waals surface area contributed by atoms with E-state index in [4.69, 9.17) is 4.74 Å². The molecule has 0 aromatic heterocycles. The molecule has 0 radical (unpaired) electrons. The summed E-state index contributed by atoms with van der Waals surface area (Å²) >= 11 is 0. The maximum Gasteiger partial charge on any atom is 0.302 e. The van der Waals surface area contributed by atoms with Gasteiger partial charge in [-0.2, -0.15) is 0 Å². The highest BCUT2D eigenvalue weighted by atomic mass is 16.5. The van der Waals surface area contributed by atoms with Gasteiger partial charge in [-0.25, -0.2) is 0 Å². The Kier molecular flexibility index (Phi) is 4.09. The van der Waals surface area contributed by atoms with E-state index in [2.05, 4.69) is 20.8 Å². The Bertz CT molecular complexity index is 584. The molecule has 0 aliphatic heterocycles. The zero-order chi connectivity index (χ0) is 18.0. The number of fused-ring (bicyclic) bond motifs is 5. The van der Waals surface area contributed by atoms with Crippen molar-refractivity contribution in [1.82, 2.24) is 0 Å². The van der Waals surface area contributed by atoms with Crippen molar-refractivity contribution in [3.8, 4) is 0 Å². The molecule has 140 valence electrons. The molecule has 0 heterocycles. The summed E-state index contributed by atoms with van der Waals surface area (Å²) in [4.78, 5) is 24.1. The number of hydrogen-bond acceptors (Lipinski definition) is 3. The van der Waals surface area contributed by atoms with Crippen LogP contribution < -0.4 is 0 Å². The summed E-state index contributed by atoms with van der Waals surface area (Å²) in [5.74, 6) is 3.47. The minimum atomic E-state index is -0.130. The number of carbonyl (C=O) groups is 2. The molecule has 3 heteroatoms. The quantitative estimate of drug-likeness (QED) is 0.642. The van der Waals surface area contributed by atoms with Crippen molar-refractivity contribution in [3.05, 3.63) is 0 Å². The van der Waals surface area contributed by atoms with Gasteiger partial charge in [-0.1, -0.05) is 20.8 Å². The van der Waals surface area contributed by atoms with E-state index in [1.54, 1.807) is 0 Å². The Morgan fingerprint density at radius 1 is 1.04 bits per heavy atom. The second kappa shape index (κ2) is 5.82. The molecule has 7 unspecified atom stereocenters. The highest BCUT2D eigenvalue weighted by molar-refractivity contribution is 5.89. The number of hydrogen-bond donors (Lipinski definition) is 0. The van der Waals surface area contributed by atoms with Gasteiger partial charge in [0.05, 0.1) is 0 Å². The topological polar surface area (TPSA) is 43.4 Å². The van der Waals surface area contributed by atoms with Crippen LogP contribution in [0.25, 0.3) is 0 Å². The first kappa shape index (κ1) is 17.5. The largest absolute Gasteiger partial charge is 0.463 e. The normalized spacial score (nSPS) is 52.1. The Balaban J connectivity index is 1.55. The van der Waals surface area contributed by atoms with Crippen LogP contribution >= 0.6 is 0 Å². The van der Waals surface area contributed by atoms with Crippen LogP contribution in [-0.4, -0.2) is 17.9 Å². The molecule has 4 aliphatic rings. The van der Waals surface area contributed by atoms with Crippen molar-refractivity contribution in [1.29, 1.82) is 0 Å². The number of ketones is 1. The number of esters is 1. The van der Waals surface area contributed by atoms with Gasteiger partial charge >= 0.3 is 5.97 Å². The lowest BCUT2D eigenvalue weighted by Gasteiger charge is -2.60. The summed E-state index contributed by atoms with van der Waals surface area (Å²) in [7, 11) is 0. The second-order valence-corrected chi connectivity index (χ2v) is 10.1. The fourth-order valence-electron chi connectivity index (χ4n) is 7.67. The van der Waals surface area contributed by atoms with Crippen molar-refractivity contribution < 1.29 is 14.3 Å². The third kappa shape index (κ3) is 2.51. The van der Waals surface area contributed by atoms with Crippen molar-refractivity contribution in [3.63, 3.8) is 0 Å². The van der Waals surface area contributed by atoms with E-state index in [-0.39, 0.29) is 23.4 Å². The highest BCUT2D eigenvalue weighted by Crippen LogP contribution is 2.66. The number of rotatable bonds is 1. The standard InChI is InChI=1S/C22H34O3/c1-13-11-19-17-6-5-15-12-16(25-14(2)23)7-9-21(15,3)18(17)8-10-22(19,4)20(13)24/h13,15-19H,5-12H2,1-4H3/t13?,15-,16?,17?,18?,19?,21?,22?/m0/s1. The minimum Gasteiger partial charge on any atom is -0.463 e. The third-order valence-electron chi connectivity index (χ3n) is 8.96. The molecule has 0 N–H and O–H groups in total. The SMILES string of the molecule is CC(=O)OC1CCC2(C)C3CCC4(C)C(=O)C(C)CC4C3CC[C@H]2C1. The van der Waals surface area contributed by atoms with Gasteiger partial charge in [-0.3, -0.25) is 9.59 Å². The number of ether oxygens (including phenoxy) is 1. The van der Waals surface area contributed by atoms with Crippen molar-refractivity contribution in [2.45, 2.75) is 85.2 Å².